The molecule has 0 aromatic carbocycles. The maximum Gasteiger partial charge on any atom is 0.0729 e. The Morgan fingerprint density at radius 2 is 1.62 bits per heavy atom. The van der Waals surface area contributed by atoms with Crippen molar-refractivity contribution in [2.24, 2.45) is 16.2 Å². The van der Waals surface area contributed by atoms with Crippen LogP contribution in [0.4, 0.5) is 0 Å². The molecule has 13 heavy (non-hydrogen) atoms. The number of nitrogens with two attached hydrogens (primary N) is 1. The topological polar surface area (TPSA) is 50.7 Å². The van der Waals surface area contributed by atoms with Gasteiger partial charge in [-0.15, -0.1) is 0 Å². The Kier molecular flexibility index (Phi) is 9.05. The summed E-state index contributed by atoms with van der Waals surface area (Å²) >= 11 is 0. The van der Waals surface area contributed by atoms with E-state index in [0.29, 0.717) is 6.04 Å². The summed E-state index contributed by atoms with van der Waals surface area (Å²) < 4.78 is 0. The number of nitrogens with zero attached hydrogens (tertiary/aromatic N) is 2. The predicted molar refractivity (Wildman–Crippen MR) is 56.5 cm³/mol. The van der Waals surface area contributed by atoms with Gasteiger partial charge in [-0.2, -0.15) is 5.11 Å². The maximum absolute atomic E-state index is 5.06. The van der Waals surface area contributed by atoms with E-state index in [-0.39, 0.29) is 0 Å². The van der Waals surface area contributed by atoms with E-state index in [2.05, 4.69) is 24.2 Å². The van der Waals surface area contributed by atoms with Crippen molar-refractivity contribution in [1.29, 1.82) is 0 Å². The Balaban J connectivity index is 3.54. The zero-order valence-corrected chi connectivity index (χ0v) is 9.00. The minimum atomic E-state index is 0.372. The van der Waals surface area contributed by atoms with Crippen LogP contribution in [0.25, 0.3) is 0 Å². The average Bonchev–Trinajstić information content (AvgIpc) is 2.14. The first-order valence-corrected chi connectivity index (χ1v) is 5.45. The molecule has 1 atom stereocenters. The van der Waals surface area contributed by atoms with E-state index in [9.17, 15) is 0 Å². The van der Waals surface area contributed by atoms with Gasteiger partial charge in [-0.3, -0.25) is 0 Å². The van der Waals surface area contributed by atoms with Crippen molar-refractivity contribution >= 4 is 0 Å². The van der Waals surface area contributed by atoms with E-state index in [1.165, 1.54) is 32.1 Å². The Labute approximate surface area is 81.8 Å². The highest BCUT2D eigenvalue weighted by Gasteiger charge is 2.05. The van der Waals surface area contributed by atoms with Crippen LogP contribution < -0.4 is 5.84 Å². The Bertz CT molecular complexity index is 123. The molecule has 0 fully saturated rings. The lowest BCUT2D eigenvalue weighted by Gasteiger charge is -2.08. The fraction of sp³-hybridized carbons (Fsp3) is 1.00. The molecule has 78 valence electrons. The molecule has 3 nitrogen and oxygen atoms in total. The summed E-state index contributed by atoms with van der Waals surface area (Å²) in [5.74, 6) is 5.06. The third-order valence-electron chi connectivity index (χ3n) is 2.26. The number of hydrogen-bond donors (Lipinski definition) is 1. The Morgan fingerprint density at radius 1 is 1.00 bits per heavy atom. The summed E-state index contributed by atoms with van der Waals surface area (Å²) in [5, 5.41) is 7.43. The standard InChI is InChI=1S/C10H23N3/c1-3-5-7-9-10(12-13-11)8-6-4-2/h10H,3-9H2,1-2H3,(H2,11,12)/t10-/m0/s1. The van der Waals surface area contributed by atoms with Crippen LogP contribution in [0.15, 0.2) is 10.3 Å². The van der Waals surface area contributed by atoms with Crippen LogP contribution in [0, 0.1) is 0 Å². The monoisotopic (exact) mass is 185 g/mol. The molecule has 0 aromatic rings. The predicted octanol–water partition coefficient (Wildman–Crippen LogP) is 3.45. The maximum atomic E-state index is 5.06. The second-order valence-electron chi connectivity index (χ2n) is 3.52. The summed E-state index contributed by atoms with van der Waals surface area (Å²) in [4.78, 5) is 0. The van der Waals surface area contributed by atoms with E-state index >= 15 is 0 Å². The van der Waals surface area contributed by atoms with Gasteiger partial charge in [0.25, 0.3) is 0 Å². The van der Waals surface area contributed by atoms with E-state index in [1.807, 2.05) is 0 Å². The largest absolute Gasteiger partial charge is 0.305 e. The van der Waals surface area contributed by atoms with Crippen molar-refractivity contribution in [2.75, 3.05) is 0 Å². The molecule has 2 N–H and O–H groups in total. The van der Waals surface area contributed by atoms with E-state index in [1.54, 1.807) is 0 Å². The summed E-state index contributed by atoms with van der Waals surface area (Å²) in [6, 6.07) is 0.372. The first kappa shape index (κ1) is 12.4. The van der Waals surface area contributed by atoms with Gasteiger partial charge in [-0.1, -0.05) is 51.2 Å². The van der Waals surface area contributed by atoms with Gasteiger partial charge in [0, 0.05) is 0 Å². The molecule has 0 radical (unpaired) electrons. The SMILES string of the molecule is CCCCC[C@H](CCCC)N=NN. The van der Waals surface area contributed by atoms with Gasteiger partial charge in [-0.25, -0.2) is 0 Å². The molecule has 0 aliphatic heterocycles. The van der Waals surface area contributed by atoms with Crippen LogP contribution in [0.1, 0.15) is 58.8 Å². The van der Waals surface area contributed by atoms with E-state index in [4.69, 9.17) is 5.84 Å². The first-order valence-electron chi connectivity index (χ1n) is 5.45. The van der Waals surface area contributed by atoms with Crippen LogP contribution in [0.5, 0.6) is 0 Å². The first-order chi connectivity index (χ1) is 6.35. The highest BCUT2D eigenvalue weighted by Crippen LogP contribution is 2.13. The normalized spacial score (nSPS) is 13.7. The molecule has 0 bridgehead atoms. The van der Waals surface area contributed by atoms with Crippen molar-refractivity contribution < 1.29 is 0 Å². The van der Waals surface area contributed by atoms with Gasteiger partial charge in [0.05, 0.1) is 6.04 Å². The zero-order valence-electron chi connectivity index (χ0n) is 9.00. The van der Waals surface area contributed by atoms with E-state index < -0.39 is 0 Å². The van der Waals surface area contributed by atoms with Gasteiger partial charge < -0.3 is 5.84 Å². The van der Waals surface area contributed by atoms with Crippen LogP contribution in [-0.4, -0.2) is 6.04 Å². The van der Waals surface area contributed by atoms with Gasteiger partial charge in [0.1, 0.15) is 0 Å². The lowest BCUT2D eigenvalue weighted by molar-refractivity contribution is 0.493. The summed E-state index contributed by atoms with van der Waals surface area (Å²) in [5.41, 5.74) is 0. The van der Waals surface area contributed by atoms with Crippen molar-refractivity contribution in [3.63, 3.8) is 0 Å². The molecule has 0 aliphatic rings. The number of hydrogen-bond acceptors (Lipinski definition) is 2. The van der Waals surface area contributed by atoms with E-state index in [0.717, 1.165) is 12.8 Å². The van der Waals surface area contributed by atoms with Crippen molar-refractivity contribution in [3.05, 3.63) is 0 Å². The average molecular weight is 185 g/mol. The zero-order chi connectivity index (χ0) is 9.94. The molecular weight excluding hydrogens is 162 g/mol. The molecule has 0 unspecified atom stereocenters. The number of unbranched alkanes of at least 4 members (excludes halogenated alkanes) is 3. The summed E-state index contributed by atoms with van der Waals surface area (Å²) in [7, 11) is 0. The minimum Gasteiger partial charge on any atom is -0.305 e. The van der Waals surface area contributed by atoms with Crippen molar-refractivity contribution in [2.45, 2.75) is 64.8 Å². The smallest absolute Gasteiger partial charge is 0.0729 e. The lowest BCUT2D eigenvalue weighted by Crippen LogP contribution is -2.04. The molecule has 0 spiro atoms. The third kappa shape index (κ3) is 7.75. The molecule has 0 saturated carbocycles. The molecule has 0 rings (SSSR count). The molecular formula is C10H23N3. The van der Waals surface area contributed by atoms with Gasteiger partial charge in [-0.05, 0) is 12.8 Å². The van der Waals surface area contributed by atoms with Gasteiger partial charge in [0.2, 0.25) is 0 Å². The van der Waals surface area contributed by atoms with Crippen molar-refractivity contribution in [1.82, 2.24) is 0 Å². The second kappa shape index (κ2) is 9.49. The summed E-state index contributed by atoms with van der Waals surface area (Å²) in [6.07, 6.45) is 8.56. The van der Waals surface area contributed by atoms with Crippen LogP contribution in [0.3, 0.4) is 0 Å². The quantitative estimate of drug-likeness (QED) is 0.268. The lowest BCUT2D eigenvalue weighted by atomic mass is 10.0. The molecule has 3 heteroatoms. The fourth-order valence-electron chi connectivity index (χ4n) is 1.42. The van der Waals surface area contributed by atoms with Crippen molar-refractivity contribution in [3.8, 4) is 0 Å². The second-order valence-corrected chi connectivity index (χ2v) is 3.52. The van der Waals surface area contributed by atoms with Crippen LogP contribution >= 0.6 is 0 Å². The van der Waals surface area contributed by atoms with Gasteiger partial charge in [0.15, 0.2) is 0 Å². The molecule has 0 amide bonds. The molecule has 0 aliphatic carbocycles. The highest BCUT2D eigenvalue weighted by molar-refractivity contribution is 4.63. The Hall–Kier alpha value is -0.600. The molecule has 0 heterocycles. The van der Waals surface area contributed by atoms with Gasteiger partial charge >= 0.3 is 0 Å². The Morgan fingerprint density at radius 3 is 2.15 bits per heavy atom. The third-order valence-corrected chi connectivity index (χ3v) is 2.26. The van der Waals surface area contributed by atoms with Crippen LogP contribution in [0.2, 0.25) is 0 Å². The summed E-state index contributed by atoms with van der Waals surface area (Å²) in [6.45, 7) is 4.41. The highest BCUT2D eigenvalue weighted by atomic mass is 15.3. The fourth-order valence-corrected chi connectivity index (χ4v) is 1.42. The number of rotatable bonds is 8. The minimum absolute atomic E-state index is 0.372. The molecule has 0 aromatic heterocycles. The molecule has 0 saturated heterocycles. The van der Waals surface area contributed by atoms with Crippen LogP contribution in [-0.2, 0) is 0 Å².